The normalized spacial score (nSPS) is 15.1. The smallest absolute Gasteiger partial charge is 0.0257 e. The minimum absolute atomic E-state index is 0.672. The van der Waals surface area contributed by atoms with Gasteiger partial charge in [-0.15, -0.1) is 0 Å². The molecule has 0 heterocycles. The lowest BCUT2D eigenvalue weighted by atomic mass is 9.98. The molecule has 0 atom stereocenters. The molecular formula is C12H22. The third-order valence-electron chi connectivity index (χ3n) is 2.51. The van der Waals surface area contributed by atoms with Crippen LogP contribution < -0.4 is 0 Å². The molecule has 0 fully saturated rings. The zero-order valence-corrected chi connectivity index (χ0v) is 9.36. The summed E-state index contributed by atoms with van der Waals surface area (Å²) < 4.78 is 0. The van der Waals surface area contributed by atoms with Crippen LogP contribution in [-0.2, 0) is 0 Å². The van der Waals surface area contributed by atoms with Crippen LogP contribution in [0.4, 0.5) is 0 Å². The van der Waals surface area contributed by atoms with Crippen LogP contribution in [0.2, 0.25) is 0 Å². The molecule has 0 aromatic rings. The van der Waals surface area contributed by atoms with Gasteiger partial charge in [0.2, 0.25) is 0 Å². The van der Waals surface area contributed by atoms with Gasteiger partial charge in [0.1, 0.15) is 0 Å². The Bertz CT molecular complexity index is 192. The van der Waals surface area contributed by atoms with E-state index in [0.29, 0.717) is 5.92 Å². The maximum atomic E-state index is 2.30. The van der Waals surface area contributed by atoms with E-state index in [2.05, 4.69) is 47.6 Å². The fourth-order valence-corrected chi connectivity index (χ4v) is 1.04. The monoisotopic (exact) mass is 166 g/mol. The van der Waals surface area contributed by atoms with Crippen molar-refractivity contribution in [1.82, 2.24) is 0 Å². The summed E-state index contributed by atoms with van der Waals surface area (Å²) in [6.07, 6.45) is 3.46. The average Bonchev–Trinajstić information content (AvgIpc) is 2.02. The first-order valence-electron chi connectivity index (χ1n) is 4.83. The van der Waals surface area contributed by atoms with Gasteiger partial charge in [-0.25, -0.2) is 0 Å². The fraction of sp³-hybridized carbons (Fsp3) is 0.667. The molecule has 0 aromatic heterocycles. The summed E-state index contributed by atoms with van der Waals surface area (Å²) in [4.78, 5) is 0. The molecule has 0 spiro atoms. The fourth-order valence-electron chi connectivity index (χ4n) is 1.04. The van der Waals surface area contributed by atoms with E-state index in [4.69, 9.17) is 0 Å². The molecule has 0 aliphatic heterocycles. The largest absolute Gasteiger partial charge is 0.0733 e. The highest BCUT2D eigenvalue weighted by molar-refractivity contribution is 5.26. The summed E-state index contributed by atoms with van der Waals surface area (Å²) in [5, 5.41) is 0. The molecule has 0 aromatic carbocycles. The Balaban J connectivity index is 4.57. The van der Waals surface area contributed by atoms with Crippen molar-refractivity contribution in [2.45, 2.75) is 48.0 Å². The lowest BCUT2D eigenvalue weighted by Gasteiger charge is -2.08. The molecule has 70 valence electrons. The Morgan fingerprint density at radius 2 is 1.67 bits per heavy atom. The molecule has 0 radical (unpaired) electrons. The highest BCUT2D eigenvalue weighted by Gasteiger charge is 1.99. The standard InChI is InChI=1S/C12H22/c1-7-10(4)8-11(5)12(6)9(2)3/h8-9H,7H2,1-6H3/b10-8+,12-11+. The van der Waals surface area contributed by atoms with Crippen LogP contribution in [0.25, 0.3) is 0 Å². The predicted octanol–water partition coefficient (Wildman–Crippen LogP) is 4.34. The van der Waals surface area contributed by atoms with E-state index in [9.17, 15) is 0 Å². The molecule has 0 rings (SSSR count). The summed E-state index contributed by atoms with van der Waals surface area (Å²) in [6.45, 7) is 13.3. The second-order valence-electron chi connectivity index (χ2n) is 3.86. The van der Waals surface area contributed by atoms with Gasteiger partial charge in [0.05, 0.1) is 0 Å². The van der Waals surface area contributed by atoms with Gasteiger partial charge in [-0.05, 0) is 33.1 Å². The van der Waals surface area contributed by atoms with Crippen molar-refractivity contribution in [3.8, 4) is 0 Å². The molecule has 0 aliphatic rings. The minimum Gasteiger partial charge on any atom is -0.0733 e. The van der Waals surface area contributed by atoms with Crippen LogP contribution in [0.15, 0.2) is 22.8 Å². The number of hydrogen-bond donors (Lipinski definition) is 0. The van der Waals surface area contributed by atoms with Crippen molar-refractivity contribution in [3.63, 3.8) is 0 Å². The van der Waals surface area contributed by atoms with Crippen LogP contribution in [0, 0.1) is 5.92 Å². The summed E-state index contributed by atoms with van der Waals surface area (Å²) in [5.74, 6) is 0.672. The maximum Gasteiger partial charge on any atom is -0.0257 e. The zero-order chi connectivity index (χ0) is 9.72. The van der Waals surface area contributed by atoms with Crippen LogP contribution >= 0.6 is 0 Å². The summed E-state index contributed by atoms with van der Waals surface area (Å²) in [5.41, 5.74) is 4.40. The van der Waals surface area contributed by atoms with E-state index in [1.54, 1.807) is 0 Å². The summed E-state index contributed by atoms with van der Waals surface area (Å²) >= 11 is 0. The molecule has 0 nitrogen and oxygen atoms in total. The maximum absolute atomic E-state index is 2.30. The van der Waals surface area contributed by atoms with Crippen LogP contribution in [0.3, 0.4) is 0 Å². The Morgan fingerprint density at radius 3 is 2.00 bits per heavy atom. The number of hydrogen-bond acceptors (Lipinski definition) is 0. The zero-order valence-electron chi connectivity index (χ0n) is 9.36. The molecule has 0 saturated heterocycles. The van der Waals surface area contributed by atoms with Crippen LogP contribution in [0.1, 0.15) is 48.0 Å². The lowest BCUT2D eigenvalue weighted by Crippen LogP contribution is -1.92. The van der Waals surface area contributed by atoms with Crippen molar-refractivity contribution >= 4 is 0 Å². The highest BCUT2D eigenvalue weighted by Crippen LogP contribution is 2.16. The van der Waals surface area contributed by atoms with Crippen molar-refractivity contribution in [1.29, 1.82) is 0 Å². The van der Waals surface area contributed by atoms with Crippen LogP contribution in [-0.4, -0.2) is 0 Å². The molecule has 0 N–H and O–H groups in total. The van der Waals surface area contributed by atoms with E-state index in [1.807, 2.05) is 0 Å². The van der Waals surface area contributed by atoms with E-state index in [-0.39, 0.29) is 0 Å². The Labute approximate surface area is 77.4 Å². The molecular weight excluding hydrogens is 144 g/mol. The van der Waals surface area contributed by atoms with E-state index < -0.39 is 0 Å². The van der Waals surface area contributed by atoms with Gasteiger partial charge < -0.3 is 0 Å². The molecule has 0 amide bonds. The first-order valence-corrected chi connectivity index (χ1v) is 4.83. The van der Waals surface area contributed by atoms with Gasteiger partial charge >= 0.3 is 0 Å². The van der Waals surface area contributed by atoms with Gasteiger partial charge in [0.15, 0.2) is 0 Å². The van der Waals surface area contributed by atoms with Crippen molar-refractivity contribution in [2.75, 3.05) is 0 Å². The van der Waals surface area contributed by atoms with Gasteiger partial charge in [0.25, 0.3) is 0 Å². The minimum atomic E-state index is 0.672. The van der Waals surface area contributed by atoms with Crippen molar-refractivity contribution < 1.29 is 0 Å². The first-order chi connectivity index (χ1) is 5.49. The van der Waals surface area contributed by atoms with Crippen molar-refractivity contribution in [3.05, 3.63) is 22.8 Å². The van der Waals surface area contributed by atoms with E-state index in [0.717, 1.165) is 6.42 Å². The van der Waals surface area contributed by atoms with Gasteiger partial charge in [-0.2, -0.15) is 0 Å². The van der Waals surface area contributed by atoms with Gasteiger partial charge in [-0.1, -0.05) is 43.6 Å². The lowest BCUT2D eigenvalue weighted by molar-refractivity contribution is 0.760. The third-order valence-corrected chi connectivity index (χ3v) is 2.51. The molecule has 0 aliphatic carbocycles. The first kappa shape index (κ1) is 11.5. The second kappa shape index (κ2) is 5.18. The van der Waals surface area contributed by atoms with E-state index >= 15 is 0 Å². The quantitative estimate of drug-likeness (QED) is 0.547. The predicted molar refractivity (Wildman–Crippen MR) is 57.3 cm³/mol. The molecule has 0 saturated carbocycles. The van der Waals surface area contributed by atoms with Gasteiger partial charge in [-0.3, -0.25) is 0 Å². The SMILES string of the molecule is CC/C(C)=C/C(C)=C(\C)C(C)C. The van der Waals surface area contributed by atoms with E-state index in [1.165, 1.54) is 16.7 Å². The summed E-state index contributed by atoms with van der Waals surface area (Å²) in [6, 6.07) is 0. The van der Waals surface area contributed by atoms with Crippen LogP contribution in [0.5, 0.6) is 0 Å². The molecule has 0 unspecified atom stereocenters. The number of allylic oxidation sites excluding steroid dienone is 4. The molecule has 0 heteroatoms. The highest BCUT2D eigenvalue weighted by atomic mass is 14.0. The Hall–Kier alpha value is -0.520. The Kier molecular flexibility index (Phi) is 4.96. The molecule has 0 bridgehead atoms. The van der Waals surface area contributed by atoms with Gasteiger partial charge in [0, 0.05) is 0 Å². The third kappa shape index (κ3) is 3.75. The summed E-state index contributed by atoms with van der Waals surface area (Å²) in [7, 11) is 0. The topological polar surface area (TPSA) is 0 Å². The average molecular weight is 166 g/mol. The second-order valence-corrected chi connectivity index (χ2v) is 3.86. The molecule has 12 heavy (non-hydrogen) atoms. The Morgan fingerprint density at radius 1 is 1.17 bits per heavy atom. The number of rotatable bonds is 3. The van der Waals surface area contributed by atoms with Crippen molar-refractivity contribution in [2.24, 2.45) is 5.92 Å².